The van der Waals surface area contributed by atoms with Crippen LogP contribution in [0.5, 0.6) is 0 Å². The topological polar surface area (TPSA) is 42.7 Å². The van der Waals surface area contributed by atoms with Crippen molar-refractivity contribution in [3.63, 3.8) is 0 Å². The van der Waals surface area contributed by atoms with Crippen LogP contribution >= 0.6 is 0 Å². The lowest BCUT2D eigenvalue weighted by Gasteiger charge is -2.30. The van der Waals surface area contributed by atoms with E-state index in [9.17, 15) is 0 Å². The van der Waals surface area contributed by atoms with Crippen LogP contribution in [0.15, 0.2) is 6.33 Å². The quantitative estimate of drug-likeness (QED) is 0.837. The lowest BCUT2D eigenvalue weighted by atomic mass is 9.79. The van der Waals surface area contributed by atoms with Crippen molar-refractivity contribution in [1.29, 1.82) is 0 Å². The van der Waals surface area contributed by atoms with E-state index >= 15 is 0 Å². The van der Waals surface area contributed by atoms with E-state index in [4.69, 9.17) is 0 Å². The zero-order valence-electron chi connectivity index (χ0n) is 10.8. The Kier molecular flexibility index (Phi) is 2.69. The van der Waals surface area contributed by atoms with Crippen molar-refractivity contribution < 1.29 is 0 Å². The number of rotatable bonds is 5. The highest BCUT2D eigenvalue weighted by Crippen LogP contribution is 2.60. The summed E-state index contributed by atoms with van der Waals surface area (Å²) in [5.41, 5.74) is 0.449. The Balaban J connectivity index is 1.73. The Morgan fingerprint density at radius 3 is 2.82 bits per heavy atom. The van der Waals surface area contributed by atoms with E-state index in [0.29, 0.717) is 5.41 Å². The third-order valence-corrected chi connectivity index (χ3v) is 4.55. The van der Waals surface area contributed by atoms with E-state index < -0.39 is 0 Å². The van der Waals surface area contributed by atoms with Gasteiger partial charge in [-0.1, -0.05) is 6.92 Å². The number of nitrogens with zero attached hydrogens (tertiary/aromatic N) is 3. The van der Waals surface area contributed by atoms with Gasteiger partial charge in [0.1, 0.15) is 12.2 Å². The molecule has 17 heavy (non-hydrogen) atoms. The molecule has 2 aliphatic carbocycles. The molecule has 0 aromatic carbocycles. The maximum absolute atomic E-state index is 4.40. The summed E-state index contributed by atoms with van der Waals surface area (Å²) in [5.74, 6) is 3.17. The summed E-state index contributed by atoms with van der Waals surface area (Å²) >= 11 is 0. The van der Waals surface area contributed by atoms with E-state index in [1.54, 1.807) is 6.33 Å². The average Bonchev–Trinajstić information content (AvgIpc) is 2.73. The van der Waals surface area contributed by atoms with Crippen LogP contribution in [0.1, 0.15) is 32.0 Å². The van der Waals surface area contributed by atoms with Crippen molar-refractivity contribution in [3.05, 3.63) is 12.2 Å². The number of hydrogen-bond donors (Lipinski definition) is 1. The number of aryl methyl sites for hydroxylation is 1. The molecular weight excluding hydrogens is 212 g/mol. The third kappa shape index (κ3) is 2.10. The zero-order valence-corrected chi connectivity index (χ0v) is 10.8. The van der Waals surface area contributed by atoms with Gasteiger partial charge in [-0.15, -0.1) is 0 Å². The van der Waals surface area contributed by atoms with Crippen molar-refractivity contribution in [2.24, 2.45) is 24.3 Å². The summed E-state index contributed by atoms with van der Waals surface area (Å²) in [6, 6.07) is 0. The highest BCUT2D eigenvalue weighted by molar-refractivity contribution is 5.07. The van der Waals surface area contributed by atoms with Gasteiger partial charge in [0.25, 0.3) is 0 Å². The molecule has 0 radical (unpaired) electrons. The van der Waals surface area contributed by atoms with Gasteiger partial charge in [0.15, 0.2) is 0 Å². The third-order valence-electron chi connectivity index (χ3n) is 4.55. The van der Waals surface area contributed by atoms with E-state index in [2.05, 4.69) is 22.3 Å². The van der Waals surface area contributed by atoms with Gasteiger partial charge in [-0.05, 0) is 43.1 Å². The summed E-state index contributed by atoms with van der Waals surface area (Å²) in [5, 5.41) is 7.73. The molecule has 4 heteroatoms. The second kappa shape index (κ2) is 4.09. The minimum absolute atomic E-state index is 0.449. The predicted octanol–water partition coefficient (Wildman–Crippen LogP) is 1.38. The van der Waals surface area contributed by atoms with E-state index in [-0.39, 0.29) is 0 Å². The van der Waals surface area contributed by atoms with Gasteiger partial charge in [0.2, 0.25) is 0 Å². The van der Waals surface area contributed by atoms with Gasteiger partial charge in [-0.3, -0.25) is 4.68 Å². The van der Waals surface area contributed by atoms with E-state index in [1.165, 1.54) is 19.3 Å². The first-order valence-corrected chi connectivity index (χ1v) is 6.76. The Morgan fingerprint density at radius 2 is 2.24 bits per heavy atom. The van der Waals surface area contributed by atoms with Crippen LogP contribution < -0.4 is 5.32 Å². The van der Waals surface area contributed by atoms with Crippen LogP contribution in [-0.2, 0) is 13.5 Å². The molecule has 1 aromatic heterocycles. The molecule has 1 heterocycles. The maximum atomic E-state index is 4.40. The van der Waals surface area contributed by atoms with Crippen LogP contribution in [0, 0.1) is 17.3 Å². The SMILES string of the molecule is CCNCC1(Cc2ncnn2C)CC2CC2C1. The molecule has 0 amide bonds. The number of fused-ring (bicyclic) bond motifs is 1. The summed E-state index contributed by atoms with van der Waals surface area (Å²) in [6.45, 7) is 4.39. The molecule has 0 saturated heterocycles. The van der Waals surface area contributed by atoms with Crippen LogP contribution in [0.2, 0.25) is 0 Å². The molecule has 94 valence electrons. The summed E-state index contributed by atoms with van der Waals surface area (Å²) in [7, 11) is 2.00. The van der Waals surface area contributed by atoms with E-state index in [1.807, 2.05) is 11.7 Å². The second-order valence-electron chi connectivity index (χ2n) is 5.92. The largest absolute Gasteiger partial charge is 0.316 e. The first-order chi connectivity index (χ1) is 8.22. The molecule has 2 unspecified atom stereocenters. The van der Waals surface area contributed by atoms with Crippen LogP contribution in [-0.4, -0.2) is 27.9 Å². The van der Waals surface area contributed by atoms with E-state index in [0.717, 1.165) is 37.2 Å². The number of aromatic nitrogens is 3. The molecule has 2 saturated carbocycles. The lowest BCUT2D eigenvalue weighted by Crippen LogP contribution is -2.36. The van der Waals surface area contributed by atoms with Crippen LogP contribution in [0.25, 0.3) is 0 Å². The molecule has 0 bridgehead atoms. The number of nitrogens with one attached hydrogen (secondary N) is 1. The van der Waals surface area contributed by atoms with Crippen molar-refractivity contribution in [3.8, 4) is 0 Å². The summed E-state index contributed by atoms with van der Waals surface area (Å²) < 4.78 is 1.93. The van der Waals surface area contributed by atoms with Crippen molar-refractivity contribution in [1.82, 2.24) is 20.1 Å². The Morgan fingerprint density at radius 1 is 1.47 bits per heavy atom. The van der Waals surface area contributed by atoms with Crippen LogP contribution in [0.4, 0.5) is 0 Å². The predicted molar refractivity (Wildman–Crippen MR) is 66.5 cm³/mol. The fourth-order valence-corrected chi connectivity index (χ4v) is 3.56. The molecule has 3 rings (SSSR count). The fourth-order valence-electron chi connectivity index (χ4n) is 3.56. The summed E-state index contributed by atoms with van der Waals surface area (Å²) in [6.07, 6.45) is 7.01. The minimum Gasteiger partial charge on any atom is -0.316 e. The summed E-state index contributed by atoms with van der Waals surface area (Å²) in [4.78, 5) is 4.40. The molecule has 4 nitrogen and oxygen atoms in total. The monoisotopic (exact) mass is 234 g/mol. The van der Waals surface area contributed by atoms with Crippen molar-refractivity contribution in [2.75, 3.05) is 13.1 Å². The molecule has 2 fully saturated rings. The second-order valence-corrected chi connectivity index (χ2v) is 5.92. The first kappa shape index (κ1) is 11.2. The van der Waals surface area contributed by atoms with Gasteiger partial charge in [-0.2, -0.15) is 5.10 Å². The number of hydrogen-bond acceptors (Lipinski definition) is 3. The van der Waals surface area contributed by atoms with Gasteiger partial charge in [-0.25, -0.2) is 4.98 Å². The van der Waals surface area contributed by atoms with Crippen molar-refractivity contribution in [2.45, 2.75) is 32.6 Å². The van der Waals surface area contributed by atoms with Crippen LogP contribution in [0.3, 0.4) is 0 Å². The Bertz CT molecular complexity index is 388. The fraction of sp³-hybridized carbons (Fsp3) is 0.846. The average molecular weight is 234 g/mol. The van der Waals surface area contributed by atoms with Gasteiger partial charge in [0.05, 0.1) is 0 Å². The molecule has 2 atom stereocenters. The van der Waals surface area contributed by atoms with Gasteiger partial charge < -0.3 is 5.32 Å². The Hall–Kier alpha value is -0.900. The lowest BCUT2D eigenvalue weighted by molar-refractivity contribution is 0.243. The molecular formula is C13H22N4. The smallest absolute Gasteiger partial charge is 0.138 e. The standard InChI is InChI=1S/C13H22N4/c1-3-14-8-13(5-10-4-11(10)6-13)7-12-15-9-16-17(12)2/h9-11,14H,3-8H2,1-2H3. The molecule has 1 aromatic rings. The first-order valence-electron chi connectivity index (χ1n) is 6.76. The normalized spacial score (nSPS) is 34.9. The highest BCUT2D eigenvalue weighted by atomic mass is 15.3. The zero-order chi connectivity index (χ0) is 11.9. The Labute approximate surface area is 103 Å². The molecule has 1 N–H and O–H groups in total. The van der Waals surface area contributed by atoms with Gasteiger partial charge in [0, 0.05) is 20.0 Å². The van der Waals surface area contributed by atoms with Crippen molar-refractivity contribution >= 4 is 0 Å². The highest BCUT2D eigenvalue weighted by Gasteiger charge is 2.53. The maximum Gasteiger partial charge on any atom is 0.138 e. The minimum atomic E-state index is 0.449. The van der Waals surface area contributed by atoms with Gasteiger partial charge >= 0.3 is 0 Å². The molecule has 2 aliphatic rings. The molecule has 0 aliphatic heterocycles. The molecule has 0 spiro atoms.